The number of ether oxygens (including phenoxy) is 1. The van der Waals surface area contributed by atoms with Gasteiger partial charge in [0.05, 0.1) is 18.2 Å². The molecule has 0 spiro atoms. The Morgan fingerprint density at radius 3 is 2.70 bits per heavy atom. The van der Waals surface area contributed by atoms with Crippen molar-refractivity contribution in [2.24, 2.45) is 0 Å². The number of methoxy groups -OCH3 is 1. The Hall–Kier alpha value is -2.18. The van der Waals surface area contributed by atoms with Crippen molar-refractivity contribution in [2.75, 3.05) is 27.7 Å². The van der Waals surface area contributed by atoms with Crippen molar-refractivity contribution in [1.29, 1.82) is 0 Å². The molecule has 1 aromatic heterocycles. The van der Waals surface area contributed by atoms with Gasteiger partial charge >= 0.3 is 0 Å². The molecule has 6 nitrogen and oxygen atoms in total. The van der Waals surface area contributed by atoms with Gasteiger partial charge in [0.25, 0.3) is 5.91 Å². The molecule has 27 heavy (non-hydrogen) atoms. The van der Waals surface area contributed by atoms with Gasteiger partial charge in [0.15, 0.2) is 5.69 Å². The molecule has 146 valence electrons. The van der Waals surface area contributed by atoms with Crippen LogP contribution in [0.5, 0.6) is 0 Å². The van der Waals surface area contributed by atoms with Gasteiger partial charge in [-0.25, -0.2) is 0 Å². The molecule has 0 saturated carbocycles. The lowest BCUT2D eigenvalue weighted by Crippen LogP contribution is -2.39. The van der Waals surface area contributed by atoms with Crippen LogP contribution in [0, 0.1) is 6.92 Å². The summed E-state index contributed by atoms with van der Waals surface area (Å²) in [6.07, 6.45) is 3.10. The number of carbonyl (C=O) groups excluding carboxylic acids is 1. The maximum atomic E-state index is 13.2. The Kier molecular flexibility index (Phi) is 6.29. The molecule has 6 heteroatoms. The molecular formula is C21H29N3O3. The maximum Gasteiger partial charge on any atom is 0.276 e. The van der Waals surface area contributed by atoms with Crippen molar-refractivity contribution >= 4 is 5.91 Å². The third-order valence-electron chi connectivity index (χ3n) is 5.10. The molecular weight excluding hydrogens is 342 g/mol. The average Bonchev–Trinajstić information content (AvgIpc) is 3.02. The lowest BCUT2D eigenvalue weighted by atomic mass is 9.94. The monoisotopic (exact) mass is 371 g/mol. The van der Waals surface area contributed by atoms with Crippen molar-refractivity contribution in [1.82, 2.24) is 15.0 Å². The summed E-state index contributed by atoms with van der Waals surface area (Å²) in [6.45, 7) is 3.79. The van der Waals surface area contributed by atoms with E-state index in [1.54, 1.807) is 7.11 Å². The summed E-state index contributed by atoms with van der Waals surface area (Å²) in [6, 6.07) is 8.69. The van der Waals surface area contributed by atoms with Gasteiger partial charge in [0.2, 0.25) is 0 Å². The fourth-order valence-corrected chi connectivity index (χ4v) is 3.74. The fraction of sp³-hybridized carbons (Fsp3) is 0.524. The van der Waals surface area contributed by atoms with Crippen LogP contribution in [0.4, 0.5) is 0 Å². The van der Waals surface area contributed by atoms with Crippen LogP contribution in [0.1, 0.15) is 58.2 Å². The van der Waals surface area contributed by atoms with Gasteiger partial charge in [0.1, 0.15) is 5.76 Å². The molecule has 1 aliphatic heterocycles. The largest absolute Gasteiger partial charge is 0.380 e. The first-order chi connectivity index (χ1) is 13.0. The van der Waals surface area contributed by atoms with Crippen molar-refractivity contribution in [3.63, 3.8) is 0 Å². The topological polar surface area (TPSA) is 58.8 Å². The van der Waals surface area contributed by atoms with E-state index in [0.717, 1.165) is 37.9 Å². The number of carbonyl (C=O) groups is 1. The van der Waals surface area contributed by atoms with Crippen LogP contribution < -0.4 is 0 Å². The first-order valence-electron chi connectivity index (χ1n) is 9.50. The van der Waals surface area contributed by atoms with E-state index in [0.29, 0.717) is 18.1 Å². The summed E-state index contributed by atoms with van der Waals surface area (Å²) < 4.78 is 10.5. The van der Waals surface area contributed by atoms with Crippen molar-refractivity contribution in [3.05, 3.63) is 52.4 Å². The Morgan fingerprint density at radius 1 is 1.30 bits per heavy atom. The number of aromatic nitrogens is 1. The van der Waals surface area contributed by atoms with Gasteiger partial charge in [0, 0.05) is 20.2 Å². The van der Waals surface area contributed by atoms with Crippen molar-refractivity contribution < 1.29 is 14.1 Å². The third kappa shape index (κ3) is 4.39. The zero-order valence-electron chi connectivity index (χ0n) is 16.7. The van der Waals surface area contributed by atoms with E-state index >= 15 is 0 Å². The van der Waals surface area contributed by atoms with E-state index < -0.39 is 0 Å². The number of rotatable bonds is 6. The van der Waals surface area contributed by atoms with Gasteiger partial charge in [-0.3, -0.25) is 4.79 Å². The van der Waals surface area contributed by atoms with Crippen molar-refractivity contribution in [3.8, 4) is 0 Å². The molecule has 1 aliphatic rings. The Bertz CT molecular complexity index is 767. The summed E-state index contributed by atoms with van der Waals surface area (Å²) in [4.78, 5) is 17.3. The summed E-state index contributed by atoms with van der Waals surface area (Å²) >= 11 is 0. The molecule has 3 rings (SSSR count). The first-order valence-corrected chi connectivity index (χ1v) is 9.50. The van der Waals surface area contributed by atoms with Crippen LogP contribution in [-0.2, 0) is 17.9 Å². The molecule has 0 N–H and O–H groups in total. The van der Waals surface area contributed by atoms with Crippen LogP contribution in [0.2, 0.25) is 0 Å². The summed E-state index contributed by atoms with van der Waals surface area (Å²) in [7, 11) is 5.74. The fourth-order valence-electron chi connectivity index (χ4n) is 3.74. The minimum absolute atomic E-state index is 0.0685. The molecule has 1 aromatic carbocycles. The molecule has 0 bridgehead atoms. The van der Waals surface area contributed by atoms with Crippen LogP contribution >= 0.6 is 0 Å². The predicted molar refractivity (Wildman–Crippen MR) is 103 cm³/mol. The molecule has 2 aromatic rings. The number of benzene rings is 1. The number of hydrogen-bond donors (Lipinski definition) is 0. The average molecular weight is 371 g/mol. The van der Waals surface area contributed by atoms with Crippen LogP contribution in [0.3, 0.4) is 0 Å². The number of aryl methyl sites for hydroxylation is 1. The van der Waals surface area contributed by atoms with Crippen LogP contribution in [0.15, 0.2) is 28.8 Å². The van der Waals surface area contributed by atoms with Gasteiger partial charge < -0.3 is 19.1 Å². The van der Waals surface area contributed by atoms with Gasteiger partial charge in [-0.15, -0.1) is 0 Å². The third-order valence-corrected chi connectivity index (χ3v) is 5.10. The molecule has 1 atom stereocenters. The highest BCUT2D eigenvalue weighted by Crippen LogP contribution is 2.33. The lowest BCUT2D eigenvalue weighted by molar-refractivity contribution is 0.0597. The second-order valence-electron chi connectivity index (χ2n) is 7.49. The lowest BCUT2D eigenvalue weighted by Gasteiger charge is -2.36. The predicted octanol–water partition coefficient (Wildman–Crippen LogP) is 3.56. The highest BCUT2D eigenvalue weighted by molar-refractivity contribution is 5.94. The zero-order chi connectivity index (χ0) is 19.4. The zero-order valence-corrected chi connectivity index (χ0v) is 16.7. The van der Waals surface area contributed by atoms with E-state index in [1.165, 1.54) is 11.1 Å². The van der Waals surface area contributed by atoms with E-state index in [4.69, 9.17) is 9.26 Å². The molecule has 0 aliphatic carbocycles. The SMILES string of the molecule is COCc1c(C(=O)N2CCCC[C@H]2c2ccc(CN(C)C)cc2)noc1C. The quantitative estimate of drug-likeness (QED) is 0.777. The molecule has 1 amide bonds. The molecule has 0 radical (unpaired) electrons. The Morgan fingerprint density at radius 2 is 2.04 bits per heavy atom. The summed E-state index contributed by atoms with van der Waals surface area (Å²) in [5.74, 6) is 0.572. The molecule has 0 unspecified atom stereocenters. The standard InChI is InChI=1S/C21H29N3O3/c1-15-18(14-26-4)20(22-27-15)21(25)24-12-6-5-7-19(24)17-10-8-16(9-11-17)13-23(2)3/h8-11,19H,5-7,12-14H2,1-4H3/t19-/m0/s1. The molecule has 1 fully saturated rings. The smallest absolute Gasteiger partial charge is 0.276 e. The second-order valence-corrected chi connectivity index (χ2v) is 7.49. The number of hydrogen-bond acceptors (Lipinski definition) is 5. The van der Waals surface area contributed by atoms with E-state index in [1.807, 2.05) is 11.8 Å². The van der Waals surface area contributed by atoms with E-state index in [-0.39, 0.29) is 11.9 Å². The van der Waals surface area contributed by atoms with E-state index in [2.05, 4.69) is 48.4 Å². The normalized spacial score (nSPS) is 17.5. The number of piperidine rings is 1. The number of nitrogens with zero attached hydrogens (tertiary/aromatic N) is 3. The number of likely N-dealkylation sites (tertiary alicyclic amines) is 1. The van der Waals surface area contributed by atoms with Gasteiger partial charge in [-0.1, -0.05) is 29.4 Å². The molecule has 1 saturated heterocycles. The summed E-state index contributed by atoms with van der Waals surface area (Å²) in [5.41, 5.74) is 3.57. The van der Waals surface area contributed by atoms with Gasteiger partial charge in [-0.2, -0.15) is 0 Å². The highest BCUT2D eigenvalue weighted by atomic mass is 16.5. The minimum Gasteiger partial charge on any atom is -0.380 e. The van der Waals surface area contributed by atoms with Crippen LogP contribution in [0.25, 0.3) is 0 Å². The summed E-state index contributed by atoms with van der Waals surface area (Å²) in [5, 5.41) is 4.03. The first kappa shape index (κ1) is 19.6. The Balaban J connectivity index is 1.84. The van der Waals surface area contributed by atoms with Gasteiger partial charge in [-0.05, 0) is 51.4 Å². The second kappa shape index (κ2) is 8.67. The van der Waals surface area contributed by atoms with Crippen molar-refractivity contribution in [2.45, 2.75) is 45.4 Å². The Labute approximate surface area is 161 Å². The minimum atomic E-state index is -0.0685. The maximum absolute atomic E-state index is 13.2. The highest BCUT2D eigenvalue weighted by Gasteiger charge is 2.32. The molecule has 2 heterocycles. The number of amides is 1. The van der Waals surface area contributed by atoms with Crippen LogP contribution in [-0.4, -0.2) is 48.6 Å². The van der Waals surface area contributed by atoms with E-state index in [9.17, 15) is 4.79 Å².